The summed E-state index contributed by atoms with van der Waals surface area (Å²) in [6, 6.07) is 10.4. The lowest BCUT2D eigenvalue weighted by atomic mass is 9.74. The van der Waals surface area contributed by atoms with Gasteiger partial charge in [-0.2, -0.15) is 13.2 Å². The number of aromatic nitrogens is 2. The highest BCUT2D eigenvalue weighted by molar-refractivity contribution is 5.68. The maximum Gasteiger partial charge on any atom is 0.416 e. The van der Waals surface area contributed by atoms with E-state index in [1.807, 2.05) is 25.2 Å². The van der Waals surface area contributed by atoms with Crippen LogP contribution in [0.3, 0.4) is 0 Å². The predicted molar refractivity (Wildman–Crippen MR) is 191 cm³/mol. The first-order chi connectivity index (χ1) is 24.6. The van der Waals surface area contributed by atoms with Gasteiger partial charge in [-0.05, 0) is 90.2 Å². The third-order valence-electron chi connectivity index (χ3n) is 9.79. The van der Waals surface area contributed by atoms with Crippen LogP contribution in [-0.2, 0) is 35.8 Å². The molecule has 2 heterocycles. The van der Waals surface area contributed by atoms with Gasteiger partial charge in [0, 0.05) is 34.4 Å². The standard InChI is InChI=1S/C40H44F4N4O4/c1-6-8-13-27(7-2)24-46-22-20-39(21-23-46)19-18-33-34(39)35(49)48(26-32(28-14-10-9-11-15-28)45-36(50)52-38(3,4)5)37(51)47(33)25-29-30(40(42,43)44)16-12-17-31(29)41/h2,6,8-17,32H,18-26H2,1,3-5H3,(H,45,50)/b8-6-,27-13+/t32-/m0/s1. The van der Waals surface area contributed by atoms with Crippen molar-refractivity contribution in [3.8, 4) is 12.3 Å². The number of alkyl halides is 3. The number of carbonyl (C=O) groups excluding carboxylic acids is 1. The number of benzene rings is 2. The van der Waals surface area contributed by atoms with Crippen molar-refractivity contribution in [2.24, 2.45) is 0 Å². The zero-order valence-electron chi connectivity index (χ0n) is 29.9. The van der Waals surface area contributed by atoms with Crippen LogP contribution in [0.5, 0.6) is 0 Å². The lowest BCUT2D eigenvalue weighted by Crippen LogP contribution is -2.50. The Morgan fingerprint density at radius 2 is 1.73 bits per heavy atom. The van der Waals surface area contributed by atoms with E-state index < -0.39 is 64.1 Å². The SMILES string of the molecule is C#C/C(=C\C=C/C)CN1CCC2(CCc3c2c(=O)n(C[C@H](NC(=O)OC(C)(C)C)c2ccccc2)c(=O)n3Cc2c(F)cccc2C(F)(F)F)CC1. The van der Waals surface area contributed by atoms with E-state index >= 15 is 4.39 Å². The molecule has 1 amide bonds. The van der Waals surface area contributed by atoms with Crippen LogP contribution < -0.4 is 16.6 Å². The van der Waals surface area contributed by atoms with Gasteiger partial charge in [0.05, 0.1) is 24.7 Å². The minimum atomic E-state index is -4.89. The van der Waals surface area contributed by atoms with Crippen molar-refractivity contribution in [1.82, 2.24) is 19.4 Å². The van der Waals surface area contributed by atoms with Crippen molar-refractivity contribution in [3.63, 3.8) is 0 Å². The number of hydrogen-bond donors (Lipinski definition) is 1. The van der Waals surface area contributed by atoms with Gasteiger partial charge in [0.1, 0.15) is 11.4 Å². The van der Waals surface area contributed by atoms with Gasteiger partial charge < -0.3 is 10.1 Å². The number of rotatable bonds is 9. The van der Waals surface area contributed by atoms with Crippen molar-refractivity contribution in [1.29, 1.82) is 0 Å². The minimum Gasteiger partial charge on any atom is -0.444 e. The average Bonchev–Trinajstić information content (AvgIpc) is 3.45. The quantitative estimate of drug-likeness (QED) is 0.148. The summed E-state index contributed by atoms with van der Waals surface area (Å²) in [6.45, 7) is 7.62. The van der Waals surface area contributed by atoms with Crippen LogP contribution in [0.2, 0.25) is 0 Å². The number of terminal acetylenes is 1. The number of allylic oxidation sites excluding steroid dienone is 3. The normalized spacial score (nSPS) is 16.9. The fourth-order valence-electron chi connectivity index (χ4n) is 7.28. The van der Waals surface area contributed by atoms with Crippen LogP contribution in [0.1, 0.15) is 80.9 Å². The Balaban J connectivity index is 1.63. The summed E-state index contributed by atoms with van der Waals surface area (Å²) < 4.78 is 65.4. The Hall–Kier alpha value is -4.89. The van der Waals surface area contributed by atoms with Crippen LogP contribution in [0, 0.1) is 18.2 Å². The molecule has 8 nitrogen and oxygen atoms in total. The van der Waals surface area contributed by atoms with E-state index in [-0.39, 0.29) is 13.0 Å². The highest BCUT2D eigenvalue weighted by Gasteiger charge is 2.46. The fraction of sp³-hybridized carbons (Fsp3) is 0.425. The van der Waals surface area contributed by atoms with E-state index in [9.17, 15) is 27.6 Å². The van der Waals surface area contributed by atoms with Gasteiger partial charge in [-0.1, -0.05) is 54.5 Å². The Morgan fingerprint density at radius 1 is 1.04 bits per heavy atom. The first kappa shape index (κ1) is 38.3. The topological polar surface area (TPSA) is 85.6 Å². The molecule has 0 unspecified atom stereocenters. The maximum absolute atomic E-state index is 15.3. The molecule has 1 atom stereocenters. The van der Waals surface area contributed by atoms with E-state index in [0.717, 1.165) is 32.9 Å². The lowest BCUT2D eigenvalue weighted by Gasteiger charge is -2.40. The molecule has 1 aromatic heterocycles. The van der Waals surface area contributed by atoms with E-state index in [1.54, 1.807) is 51.1 Å². The highest BCUT2D eigenvalue weighted by atomic mass is 19.4. The number of nitrogens with one attached hydrogen (secondary N) is 1. The summed E-state index contributed by atoms with van der Waals surface area (Å²) in [5, 5.41) is 2.77. The number of likely N-dealkylation sites (tertiary alicyclic amines) is 1. The summed E-state index contributed by atoms with van der Waals surface area (Å²) >= 11 is 0. The summed E-state index contributed by atoms with van der Waals surface area (Å²) in [7, 11) is 0. The van der Waals surface area contributed by atoms with Crippen molar-refractivity contribution < 1.29 is 27.1 Å². The second kappa shape index (κ2) is 15.4. The van der Waals surface area contributed by atoms with Crippen LogP contribution in [0.15, 0.2) is 81.9 Å². The van der Waals surface area contributed by atoms with Crippen LogP contribution in [-0.4, -0.2) is 45.4 Å². The van der Waals surface area contributed by atoms with Gasteiger partial charge in [0.25, 0.3) is 5.56 Å². The maximum atomic E-state index is 15.3. The summed E-state index contributed by atoms with van der Waals surface area (Å²) in [6.07, 6.45) is 7.53. The number of alkyl carbamates (subject to hydrolysis) is 1. The van der Waals surface area contributed by atoms with E-state index in [4.69, 9.17) is 11.2 Å². The first-order valence-corrected chi connectivity index (χ1v) is 17.3. The second-order valence-electron chi connectivity index (χ2n) is 14.4. The number of carbonyl (C=O) groups is 1. The number of hydrogen-bond acceptors (Lipinski definition) is 5. The molecule has 12 heteroatoms. The average molecular weight is 721 g/mol. The largest absolute Gasteiger partial charge is 0.444 e. The molecule has 52 heavy (non-hydrogen) atoms. The fourth-order valence-corrected chi connectivity index (χ4v) is 7.28. The van der Waals surface area contributed by atoms with Crippen molar-refractivity contribution in [3.05, 3.63) is 127 Å². The number of nitrogens with zero attached hydrogens (tertiary/aromatic N) is 3. The van der Waals surface area contributed by atoms with Gasteiger partial charge in [-0.25, -0.2) is 14.0 Å². The molecule has 1 fully saturated rings. The number of amides is 1. The van der Waals surface area contributed by atoms with Crippen LogP contribution >= 0.6 is 0 Å². The summed E-state index contributed by atoms with van der Waals surface area (Å²) in [5.41, 5.74) is -2.85. The molecule has 1 aliphatic carbocycles. The smallest absolute Gasteiger partial charge is 0.416 e. The van der Waals surface area contributed by atoms with E-state index in [1.165, 1.54) is 0 Å². The molecule has 3 aromatic rings. The molecule has 2 aliphatic rings. The van der Waals surface area contributed by atoms with Gasteiger partial charge in [0.15, 0.2) is 0 Å². The molecule has 0 saturated carbocycles. The van der Waals surface area contributed by atoms with Gasteiger partial charge in [0.2, 0.25) is 0 Å². The van der Waals surface area contributed by atoms with Gasteiger partial charge >= 0.3 is 18.0 Å². The molecule has 276 valence electrons. The lowest BCUT2D eigenvalue weighted by molar-refractivity contribution is -0.138. The zero-order valence-corrected chi connectivity index (χ0v) is 29.9. The Morgan fingerprint density at radius 3 is 2.35 bits per heavy atom. The molecule has 1 saturated heterocycles. The number of fused-ring (bicyclic) bond motifs is 2. The van der Waals surface area contributed by atoms with Crippen LogP contribution in [0.4, 0.5) is 22.4 Å². The minimum absolute atomic E-state index is 0.255. The molecule has 2 aromatic carbocycles. The first-order valence-electron chi connectivity index (χ1n) is 17.3. The predicted octanol–water partition coefficient (Wildman–Crippen LogP) is 6.90. The van der Waals surface area contributed by atoms with Crippen molar-refractivity contribution >= 4 is 6.09 Å². The molecule has 5 rings (SSSR count). The Kier molecular flexibility index (Phi) is 11.3. The monoisotopic (exact) mass is 720 g/mol. The molecular weight excluding hydrogens is 676 g/mol. The van der Waals surface area contributed by atoms with E-state index in [0.29, 0.717) is 55.7 Å². The molecule has 0 bridgehead atoms. The van der Waals surface area contributed by atoms with Gasteiger partial charge in [-0.3, -0.25) is 18.8 Å². The molecule has 1 aliphatic heterocycles. The van der Waals surface area contributed by atoms with Crippen molar-refractivity contribution in [2.45, 2.75) is 89.7 Å². The second-order valence-corrected chi connectivity index (χ2v) is 14.4. The van der Waals surface area contributed by atoms with Crippen LogP contribution in [0.25, 0.3) is 0 Å². The molecular formula is C40H44F4N4O4. The number of halogens is 4. The summed E-state index contributed by atoms with van der Waals surface area (Å²) in [5.74, 6) is 1.61. The van der Waals surface area contributed by atoms with E-state index in [2.05, 4.69) is 16.1 Å². The van der Waals surface area contributed by atoms with Gasteiger partial charge in [-0.15, -0.1) is 6.42 Å². The highest BCUT2D eigenvalue weighted by Crippen LogP contribution is 2.45. The molecule has 1 spiro atoms. The Bertz CT molecular complexity index is 2010. The summed E-state index contributed by atoms with van der Waals surface area (Å²) in [4.78, 5) is 44.3. The third kappa shape index (κ3) is 8.42. The van der Waals surface area contributed by atoms with Crippen molar-refractivity contribution in [2.75, 3.05) is 19.6 Å². The third-order valence-corrected chi connectivity index (χ3v) is 9.79. The molecule has 1 N–H and O–H groups in total. The zero-order chi connectivity index (χ0) is 37.8. The number of piperidine rings is 1. The Labute approximate surface area is 300 Å². The molecule has 0 radical (unpaired) electrons. The number of ether oxygens (including phenoxy) is 1.